The molecular formula is C26H24N2O3. The van der Waals surface area contributed by atoms with Crippen LogP contribution in [0, 0.1) is 0 Å². The summed E-state index contributed by atoms with van der Waals surface area (Å²) < 4.78 is 17.5. The molecule has 0 amide bonds. The van der Waals surface area contributed by atoms with Gasteiger partial charge < -0.3 is 14.2 Å². The fourth-order valence-corrected chi connectivity index (χ4v) is 4.10. The van der Waals surface area contributed by atoms with Gasteiger partial charge in [-0.1, -0.05) is 43.0 Å². The first-order valence-corrected chi connectivity index (χ1v) is 10.4. The number of hydrogen-bond donors (Lipinski definition) is 0. The van der Waals surface area contributed by atoms with Crippen LogP contribution in [0.1, 0.15) is 35.4 Å². The van der Waals surface area contributed by atoms with E-state index in [1.165, 1.54) is 0 Å². The van der Waals surface area contributed by atoms with Gasteiger partial charge in [-0.2, -0.15) is 5.10 Å². The molecule has 2 aliphatic rings. The number of hydrazone groups is 1. The minimum atomic E-state index is -0.319. The Balaban J connectivity index is 1.53. The van der Waals surface area contributed by atoms with Crippen LogP contribution in [0.2, 0.25) is 0 Å². The first kappa shape index (κ1) is 19.2. The lowest BCUT2D eigenvalue weighted by molar-refractivity contribution is -0.0191. The van der Waals surface area contributed by atoms with E-state index in [1.807, 2.05) is 54.6 Å². The highest BCUT2D eigenvalue weighted by molar-refractivity contribution is 6.01. The molecule has 0 spiro atoms. The fourth-order valence-electron chi connectivity index (χ4n) is 4.10. The first-order chi connectivity index (χ1) is 15.3. The Morgan fingerprint density at radius 1 is 1.06 bits per heavy atom. The van der Waals surface area contributed by atoms with E-state index in [1.54, 1.807) is 13.2 Å². The molecule has 0 aliphatic carbocycles. The van der Waals surface area contributed by atoms with E-state index in [-0.39, 0.29) is 12.3 Å². The van der Waals surface area contributed by atoms with Crippen LogP contribution < -0.4 is 14.2 Å². The van der Waals surface area contributed by atoms with E-state index < -0.39 is 0 Å². The number of methoxy groups -OCH3 is 1. The van der Waals surface area contributed by atoms with Crippen molar-refractivity contribution in [1.82, 2.24) is 5.01 Å². The zero-order valence-electron chi connectivity index (χ0n) is 17.4. The van der Waals surface area contributed by atoms with E-state index in [0.29, 0.717) is 6.61 Å². The Kier molecular flexibility index (Phi) is 5.08. The number of ether oxygens (including phenoxy) is 3. The molecule has 0 N–H and O–H groups in total. The largest absolute Gasteiger partial charge is 0.497 e. The quantitative estimate of drug-likeness (QED) is 0.501. The molecule has 0 saturated carbocycles. The average Bonchev–Trinajstić information content (AvgIpc) is 3.29. The summed E-state index contributed by atoms with van der Waals surface area (Å²) in [6.45, 7) is 4.17. The molecule has 3 aromatic carbocycles. The number of rotatable bonds is 6. The van der Waals surface area contributed by atoms with Gasteiger partial charge >= 0.3 is 0 Å². The minimum Gasteiger partial charge on any atom is -0.497 e. The van der Waals surface area contributed by atoms with Crippen LogP contribution in [-0.2, 0) is 0 Å². The van der Waals surface area contributed by atoms with Crippen molar-refractivity contribution in [1.29, 1.82) is 0 Å². The molecule has 0 fully saturated rings. The van der Waals surface area contributed by atoms with Gasteiger partial charge in [-0.05, 0) is 48.0 Å². The summed E-state index contributed by atoms with van der Waals surface area (Å²) >= 11 is 0. The molecule has 2 aliphatic heterocycles. The minimum absolute atomic E-state index is 0.0794. The molecule has 2 heterocycles. The Morgan fingerprint density at radius 3 is 2.58 bits per heavy atom. The van der Waals surface area contributed by atoms with Crippen molar-refractivity contribution in [2.45, 2.75) is 18.7 Å². The standard InChI is InChI=1S/C26H24N2O3/c1-3-15-30-20-11-9-19(10-12-20)26-28-24(17-23(27-28)18-7-5-4-6-8-18)22-16-21(29-2)13-14-25(22)31-26/h3-14,16,24,26H,1,15,17H2,2H3/t24-,26+/m0/s1. The number of nitrogens with zero attached hydrogens (tertiary/aromatic N) is 2. The summed E-state index contributed by atoms with van der Waals surface area (Å²) in [5.74, 6) is 2.48. The van der Waals surface area contributed by atoms with Gasteiger partial charge in [-0.25, -0.2) is 5.01 Å². The Labute approximate surface area is 182 Å². The lowest BCUT2D eigenvalue weighted by atomic mass is 9.95. The van der Waals surface area contributed by atoms with E-state index in [9.17, 15) is 0 Å². The van der Waals surface area contributed by atoms with Crippen LogP contribution >= 0.6 is 0 Å². The second-order valence-corrected chi connectivity index (χ2v) is 7.56. The normalized spacial score (nSPS) is 19.0. The van der Waals surface area contributed by atoms with Crippen molar-refractivity contribution < 1.29 is 14.2 Å². The number of benzene rings is 3. The summed E-state index contributed by atoms with van der Waals surface area (Å²) in [7, 11) is 1.68. The lowest BCUT2D eigenvalue weighted by Gasteiger charge is -2.38. The predicted octanol–water partition coefficient (Wildman–Crippen LogP) is 5.50. The average molecular weight is 412 g/mol. The van der Waals surface area contributed by atoms with Gasteiger partial charge in [0.05, 0.1) is 18.9 Å². The van der Waals surface area contributed by atoms with Crippen LogP contribution in [0.4, 0.5) is 0 Å². The van der Waals surface area contributed by atoms with Crippen molar-refractivity contribution in [3.8, 4) is 17.2 Å². The second-order valence-electron chi connectivity index (χ2n) is 7.56. The van der Waals surface area contributed by atoms with E-state index in [4.69, 9.17) is 19.3 Å². The molecule has 0 aromatic heterocycles. The molecule has 0 unspecified atom stereocenters. The zero-order chi connectivity index (χ0) is 21.2. The SMILES string of the molecule is C=CCOc1ccc([C@H]2Oc3ccc(OC)cc3[C@@H]3CC(c4ccccc4)=NN23)cc1. The predicted molar refractivity (Wildman–Crippen MR) is 121 cm³/mol. The van der Waals surface area contributed by atoms with E-state index in [0.717, 1.165) is 46.1 Å². The topological polar surface area (TPSA) is 43.3 Å². The summed E-state index contributed by atoms with van der Waals surface area (Å²) in [6, 6.07) is 24.4. The van der Waals surface area contributed by atoms with Gasteiger partial charge in [0.25, 0.3) is 0 Å². The molecule has 31 heavy (non-hydrogen) atoms. The van der Waals surface area contributed by atoms with E-state index >= 15 is 0 Å². The van der Waals surface area contributed by atoms with Gasteiger partial charge in [0, 0.05) is 17.5 Å². The Hall–Kier alpha value is -3.73. The van der Waals surface area contributed by atoms with Crippen molar-refractivity contribution in [3.05, 3.63) is 102 Å². The van der Waals surface area contributed by atoms with Crippen LogP contribution in [0.15, 0.2) is 90.6 Å². The molecule has 2 atom stereocenters. The molecular weight excluding hydrogens is 388 g/mol. The van der Waals surface area contributed by atoms with Crippen LogP contribution in [-0.4, -0.2) is 24.4 Å². The van der Waals surface area contributed by atoms with Crippen LogP contribution in [0.25, 0.3) is 0 Å². The molecule has 0 radical (unpaired) electrons. The van der Waals surface area contributed by atoms with Gasteiger partial charge in [0.15, 0.2) is 0 Å². The first-order valence-electron chi connectivity index (χ1n) is 10.4. The lowest BCUT2D eigenvalue weighted by Crippen LogP contribution is -2.33. The van der Waals surface area contributed by atoms with Gasteiger partial charge in [0.2, 0.25) is 6.23 Å². The maximum atomic E-state index is 6.44. The van der Waals surface area contributed by atoms with Crippen molar-refractivity contribution in [2.24, 2.45) is 5.10 Å². The fraction of sp³-hybridized carbons (Fsp3) is 0.192. The highest BCUT2D eigenvalue weighted by atomic mass is 16.5. The third-order valence-corrected chi connectivity index (χ3v) is 5.64. The second kappa shape index (κ2) is 8.19. The molecule has 5 nitrogen and oxygen atoms in total. The maximum absolute atomic E-state index is 6.44. The maximum Gasteiger partial charge on any atom is 0.213 e. The van der Waals surface area contributed by atoms with Crippen LogP contribution in [0.3, 0.4) is 0 Å². The van der Waals surface area contributed by atoms with Gasteiger partial charge in [-0.15, -0.1) is 0 Å². The number of fused-ring (bicyclic) bond motifs is 3. The third kappa shape index (κ3) is 3.63. The summed E-state index contributed by atoms with van der Waals surface area (Å²) in [5.41, 5.74) is 4.31. The summed E-state index contributed by atoms with van der Waals surface area (Å²) in [6.07, 6.45) is 2.23. The zero-order valence-corrected chi connectivity index (χ0v) is 17.4. The molecule has 5 heteroatoms. The highest BCUT2D eigenvalue weighted by Gasteiger charge is 2.41. The summed E-state index contributed by atoms with van der Waals surface area (Å²) in [4.78, 5) is 0. The third-order valence-electron chi connectivity index (χ3n) is 5.64. The van der Waals surface area contributed by atoms with Gasteiger partial charge in [0.1, 0.15) is 23.9 Å². The Morgan fingerprint density at radius 2 is 1.84 bits per heavy atom. The highest BCUT2D eigenvalue weighted by Crippen LogP contribution is 2.48. The van der Waals surface area contributed by atoms with Crippen molar-refractivity contribution in [2.75, 3.05) is 13.7 Å². The van der Waals surface area contributed by atoms with Crippen molar-refractivity contribution >= 4 is 5.71 Å². The molecule has 3 aromatic rings. The number of hydrogen-bond acceptors (Lipinski definition) is 5. The van der Waals surface area contributed by atoms with Gasteiger partial charge in [-0.3, -0.25) is 0 Å². The molecule has 156 valence electrons. The Bertz CT molecular complexity index is 1110. The van der Waals surface area contributed by atoms with Crippen molar-refractivity contribution in [3.63, 3.8) is 0 Å². The van der Waals surface area contributed by atoms with Crippen LogP contribution in [0.5, 0.6) is 17.2 Å². The molecule has 0 saturated heterocycles. The van der Waals surface area contributed by atoms with E-state index in [2.05, 4.69) is 29.8 Å². The smallest absolute Gasteiger partial charge is 0.213 e. The molecule has 5 rings (SSSR count). The molecule has 0 bridgehead atoms. The summed E-state index contributed by atoms with van der Waals surface area (Å²) in [5, 5.41) is 7.08. The monoisotopic (exact) mass is 412 g/mol.